The fourth-order valence-corrected chi connectivity index (χ4v) is 1.28. The number of guanidine groups is 1. The fraction of sp³-hybridized carbons (Fsp3) is 0.364. The molecule has 1 aromatic rings. The minimum atomic E-state index is -0.378. The van der Waals surface area contributed by atoms with Gasteiger partial charge in [0.2, 0.25) is 5.96 Å². The minimum absolute atomic E-state index is 0.353. The second-order valence-corrected chi connectivity index (χ2v) is 4.38. The van der Waals surface area contributed by atoms with Crippen LogP contribution in [0.15, 0.2) is 23.2 Å². The molecule has 1 rings (SSSR count). The maximum atomic E-state index is 13.0. The first-order valence-corrected chi connectivity index (χ1v) is 5.64. The summed E-state index contributed by atoms with van der Waals surface area (Å²) < 4.78 is 13.0. The first-order valence-electron chi connectivity index (χ1n) is 5.26. The third kappa shape index (κ3) is 4.58. The van der Waals surface area contributed by atoms with E-state index in [0.29, 0.717) is 29.1 Å². The largest absolute Gasteiger partial charge is 0.324 e. The number of benzene rings is 1. The van der Waals surface area contributed by atoms with Crippen molar-refractivity contribution < 1.29 is 4.39 Å². The lowest BCUT2D eigenvalue weighted by Crippen LogP contribution is -2.36. The summed E-state index contributed by atoms with van der Waals surface area (Å²) in [5.41, 5.74) is 2.83. The van der Waals surface area contributed by atoms with Crippen LogP contribution < -0.4 is 16.6 Å². The Morgan fingerprint density at radius 3 is 2.82 bits per heavy atom. The summed E-state index contributed by atoms with van der Waals surface area (Å²) in [6.07, 6.45) is 0. The SMILES string of the molecule is CC(C)CN=C(NN)Nc1cc(F)ccc1Cl. The van der Waals surface area contributed by atoms with Crippen LogP contribution in [-0.4, -0.2) is 12.5 Å². The van der Waals surface area contributed by atoms with E-state index < -0.39 is 0 Å². The normalized spacial score (nSPS) is 11.8. The van der Waals surface area contributed by atoms with Crippen LogP contribution in [0.4, 0.5) is 10.1 Å². The molecule has 0 saturated heterocycles. The van der Waals surface area contributed by atoms with Crippen LogP contribution >= 0.6 is 11.6 Å². The monoisotopic (exact) mass is 258 g/mol. The summed E-state index contributed by atoms with van der Waals surface area (Å²) in [5, 5.41) is 3.24. The van der Waals surface area contributed by atoms with Crippen LogP contribution in [0, 0.1) is 11.7 Å². The topological polar surface area (TPSA) is 62.4 Å². The van der Waals surface area contributed by atoms with Crippen LogP contribution in [0.2, 0.25) is 5.02 Å². The van der Waals surface area contributed by atoms with Gasteiger partial charge in [0.1, 0.15) is 5.82 Å². The highest BCUT2D eigenvalue weighted by atomic mass is 35.5. The maximum Gasteiger partial charge on any atom is 0.210 e. The van der Waals surface area contributed by atoms with E-state index in [4.69, 9.17) is 17.4 Å². The molecule has 0 aromatic heterocycles. The third-order valence-corrected chi connectivity index (χ3v) is 2.26. The average molecular weight is 259 g/mol. The van der Waals surface area contributed by atoms with Crippen molar-refractivity contribution >= 4 is 23.2 Å². The maximum absolute atomic E-state index is 13.0. The lowest BCUT2D eigenvalue weighted by Gasteiger charge is -2.11. The van der Waals surface area contributed by atoms with E-state index in [0.717, 1.165) is 0 Å². The molecular formula is C11H16ClFN4. The molecule has 0 radical (unpaired) electrons. The van der Waals surface area contributed by atoms with Gasteiger partial charge < -0.3 is 5.32 Å². The van der Waals surface area contributed by atoms with E-state index in [9.17, 15) is 4.39 Å². The molecule has 0 aliphatic rings. The number of halogens is 2. The molecule has 6 heteroatoms. The number of nitrogens with zero attached hydrogens (tertiary/aromatic N) is 1. The van der Waals surface area contributed by atoms with Gasteiger partial charge in [-0.15, -0.1) is 0 Å². The number of nitrogens with one attached hydrogen (secondary N) is 2. The number of nitrogens with two attached hydrogens (primary N) is 1. The highest BCUT2D eigenvalue weighted by molar-refractivity contribution is 6.33. The van der Waals surface area contributed by atoms with Gasteiger partial charge in [0.25, 0.3) is 0 Å². The highest BCUT2D eigenvalue weighted by Crippen LogP contribution is 2.22. The Balaban J connectivity index is 2.80. The van der Waals surface area contributed by atoms with Crippen molar-refractivity contribution in [2.45, 2.75) is 13.8 Å². The molecule has 94 valence electrons. The first kappa shape index (κ1) is 13.7. The molecule has 0 aliphatic carbocycles. The fourth-order valence-electron chi connectivity index (χ4n) is 1.12. The highest BCUT2D eigenvalue weighted by Gasteiger charge is 2.04. The molecular weight excluding hydrogens is 243 g/mol. The molecule has 4 nitrogen and oxygen atoms in total. The van der Waals surface area contributed by atoms with Gasteiger partial charge >= 0.3 is 0 Å². The van der Waals surface area contributed by atoms with Crippen molar-refractivity contribution in [1.29, 1.82) is 0 Å². The van der Waals surface area contributed by atoms with Gasteiger partial charge in [0.05, 0.1) is 10.7 Å². The van der Waals surface area contributed by atoms with Crippen molar-refractivity contribution in [3.05, 3.63) is 29.0 Å². The second kappa shape index (κ2) is 6.42. The van der Waals surface area contributed by atoms with Crippen molar-refractivity contribution in [1.82, 2.24) is 5.43 Å². The molecule has 0 heterocycles. The Labute approximate surface area is 105 Å². The van der Waals surface area contributed by atoms with Gasteiger partial charge in [-0.3, -0.25) is 10.4 Å². The molecule has 17 heavy (non-hydrogen) atoms. The Bertz CT molecular complexity index is 406. The van der Waals surface area contributed by atoms with Crippen molar-refractivity contribution in [3.8, 4) is 0 Å². The van der Waals surface area contributed by atoms with Gasteiger partial charge in [0, 0.05) is 6.54 Å². The molecule has 0 atom stereocenters. The summed E-state index contributed by atoms with van der Waals surface area (Å²) >= 11 is 5.91. The zero-order chi connectivity index (χ0) is 12.8. The van der Waals surface area contributed by atoms with E-state index >= 15 is 0 Å². The van der Waals surface area contributed by atoms with Gasteiger partial charge in [0.15, 0.2) is 0 Å². The number of hydrazine groups is 1. The zero-order valence-corrected chi connectivity index (χ0v) is 10.6. The molecule has 0 fully saturated rings. The van der Waals surface area contributed by atoms with Crippen molar-refractivity contribution in [2.75, 3.05) is 11.9 Å². The van der Waals surface area contributed by atoms with E-state index in [1.165, 1.54) is 18.2 Å². The van der Waals surface area contributed by atoms with Crippen molar-refractivity contribution in [3.63, 3.8) is 0 Å². The Morgan fingerprint density at radius 1 is 1.53 bits per heavy atom. The van der Waals surface area contributed by atoms with Gasteiger partial charge in [-0.1, -0.05) is 25.4 Å². The third-order valence-electron chi connectivity index (χ3n) is 1.93. The van der Waals surface area contributed by atoms with Crippen LogP contribution in [0.25, 0.3) is 0 Å². The summed E-state index contributed by atoms with van der Waals surface area (Å²) in [6.45, 7) is 4.68. The molecule has 4 N–H and O–H groups in total. The number of hydrogen-bond donors (Lipinski definition) is 3. The second-order valence-electron chi connectivity index (χ2n) is 3.98. The molecule has 0 saturated carbocycles. The smallest absolute Gasteiger partial charge is 0.210 e. The van der Waals surface area contributed by atoms with Crippen LogP contribution in [0.3, 0.4) is 0 Å². The van der Waals surface area contributed by atoms with E-state index in [1.54, 1.807) is 0 Å². The summed E-state index contributed by atoms with van der Waals surface area (Å²) in [5.74, 6) is 5.70. The predicted molar refractivity (Wildman–Crippen MR) is 69.5 cm³/mol. The van der Waals surface area contributed by atoms with Crippen molar-refractivity contribution in [2.24, 2.45) is 16.8 Å². The zero-order valence-electron chi connectivity index (χ0n) is 9.80. The Kier molecular flexibility index (Phi) is 5.18. The number of rotatable bonds is 3. The van der Waals surface area contributed by atoms with E-state index in [-0.39, 0.29) is 5.82 Å². The lowest BCUT2D eigenvalue weighted by molar-refractivity contribution is 0.628. The van der Waals surface area contributed by atoms with Crippen LogP contribution in [0.1, 0.15) is 13.8 Å². The standard InChI is InChI=1S/C11H16ClFN4/c1-7(2)6-15-11(17-14)16-10-5-8(13)3-4-9(10)12/h3-5,7H,6,14H2,1-2H3,(H2,15,16,17). The molecule has 0 amide bonds. The number of hydrogen-bond acceptors (Lipinski definition) is 2. The summed E-state index contributed by atoms with van der Waals surface area (Å²) in [7, 11) is 0. The number of aliphatic imine (C=N–C) groups is 1. The summed E-state index contributed by atoms with van der Waals surface area (Å²) in [4.78, 5) is 4.20. The molecule has 0 bridgehead atoms. The van der Waals surface area contributed by atoms with Crippen LogP contribution in [0.5, 0.6) is 0 Å². The summed E-state index contributed by atoms with van der Waals surface area (Å²) in [6, 6.07) is 4.04. The molecule has 0 aliphatic heterocycles. The van der Waals surface area contributed by atoms with E-state index in [1.807, 2.05) is 13.8 Å². The molecule has 0 spiro atoms. The Morgan fingerprint density at radius 2 is 2.24 bits per heavy atom. The van der Waals surface area contributed by atoms with Crippen LogP contribution in [-0.2, 0) is 0 Å². The quantitative estimate of drug-likeness (QED) is 0.338. The van der Waals surface area contributed by atoms with Gasteiger partial charge in [-0.05, 0) is 24.1 Å². The molecule has 1 aromatic carbocycles. The van der Waals surface area contributed by atoms with E-state index in [2.05, 4.69) is 15.7 Å². The predicted octanol–water partition coefficient (Wildman–Crippen LogP) is 2.37. The number of anilines is 1. The van der Waals surface area contributed by atoms with Gasteiger partial charge in [-0.2, -0.15) is 0 Å². The lowest BCUT2D eigenvalue weighted by atomic mass is 10.2. The molecule has 0 unspecified atom stereocenters. The minimum Gasteiger partial charge on any atom is -0.324 e. The van der Waals surface area contributed by atoms with Gasteiger partial charge in [-0.25, -0.2) is 10.2 Å². The Hall–Kier alpha value is -1.33. The average Bonchev–Trinajstić information content (AvgIpc) is 2.28. The first-order chi connectivity index (χ1) is 8.02.